The number of halogens is 6. The van der Waals surface area contributed by atoms with E-state index in [0.29, 0.717) is 45.7 Å². The zero-order valence-corrected chi connectivity index (χ0v) is 22.5. The Balaban J connectivity index is 1.39. The summed E-state index contributed by atoms with van der Waals surface area (Å²) in [6.45, 7) is 0.853. The number of amides is 1. The summed E-state index contributed by atoms with van der Waals surface area (Å²) in [5.74, 6) is -1.38. The van der Waals surface area contributed by atoms with Crippen molar-refractivity contribution >= 4 is 29.1 Å². The van der Waals surface area contributed by atoms with Crippen molar-refractivity contribution in [3.63, 3.8) is 0 Å². The van der Waals surface area contributed by atoms with Crippen molar-refractivity contribution in [2.45, 2.75) is 24.7 Å². The fourth-order valence-electron chi connectivity index (χ4n) is 5.00. The Hall–Kier alpha value is -3.47. The Morgan fingerprint density at radius 1 is 1.05 bits per heavy atom. The van der Waals surface area contributed by atoms with Crippen LogP contribution in [0.5, 0.6) is 0 Å². The number of benzene rings is 3. The molecule has 1 saturated heterocycles. The van der Waals surface area contributed by atoms with Crippen molar-refractivity contribution in [3.8, 4) is 11.5 Å². The third-order valence-corrected chi connectivity index (χ3v) is 7.76. The molecule has 0 radical (unpaired) electrons. The van der Waals surface area contributed by atoms with Crippen LogP contribution in [0.15, 0.2) is 71.5 Å². The third kappa shape index (κ3) is 5.84. The molecule has 1 aromatic heterocycles. The van der Waals surface area contributed by atoms with E-state index < -0.39 is 17.6 Å². The topological polar surface area (TPSA) is 62.5 Å². The maximum absolute atomic E-state index is 14.2. The van der Waals surface area contributed by atoms with Crippen LogP contribution in [0.3, 0.4) is 0 Å². The fraction of sp³-hybridized carbons (Fsp3) is 0.250. The number of rotatable bonds is 6. The number of hydrogen-bond acceptors (Lipinski definition) is 5. The molecule has 1 aliphatic heterocycles. The highest BCUT2D eigenvalue weighted by Gasteiger charge is 2.39. The summed E-state index contributed by atoms with van der Waals surface area (Å²) in [5.41, 5.74) is 1.05. The molecule has 2 heterocycles. The van der Waals surface area contributed by atoms with Crippen molar-refractivity contribution < 1.29 is 26.8 Å². The normalized spacial score (nSPS) is 17.6. The van der Waals surface area contributed by atoms with Crippen LogP contribution in [-0.2, 0) is 12.7 Å². The van der Waals surface area contributed by atoms with Gasteiger partial charge in [0, 0.05) is 42.7 Å². The number of aromatic nitrogens is 2. The lowest BCUT2D eigenvalue weighted by molar-refractivity contribution is -0.140. The van der Waals surface area contributed by atoms with Crippen LogP contribution >= 0.6 is 23.2 Å². The van der Waals surface area contributed by atoms with Gasteiger partial charge in [0.25, 0.3) is 5.91 Å². The number of likely N-dealkylation sites (tertiary alicyclic amines) is 1. The summed E-state index contributed by atoms with van der Waals surface area (Å²) in [5, 5.41) is 8.28. The van der Waals surface area contributed by atoms with Gasteiger partial charge < -0.3 is 9.32 Å². The second-order valence-corrected chi connectivity index (χ2v) is 10.4. The Morgan fingerprint density at radius 2 is 1.80 bits per heavy atom. The maximum atomic E-state index is 14.2. The van der Waals surface area contributed by atoms with Crippen LogP contribution in [0.2, 0.25) is 10.0 Å². The van der Waals surface area contributed by atoms with Gasteiger partial charge in [0.05, 0.1) is 15.6 Å². The number of hydrogen-bond donors (Lipinski definition) is 0. The van der Waals surface area contributed by atoms with Crippen molar-refractivity contribution in [1.29, 1.82) is 0 Å². The van der Waals surface area contributed by atoms with Crippen LogP contribution in [0.25, 0.3) is 11.5 Å². The first kappa shape index (κ1) is 28.1. The van der Waals surface area contributed by atoms with Crippen molar-refractivity contribution in [2.24, 2.45) is 0 Å². The molecule has 5 rings (SSSR count). The van der Waals surface area contributed by atoms with E-state index in [-0.39, 0.29) is 24.4 Å². The summed E-state index contributed by atoms with van der Waals surface area (Å²) < 4.78 is 58.5. The molecule has 1 fully saturated rings. The maximum Gasteiger partial charge on any atom is 0.419 e. The van der Waals surface area contributed by atoms with E-state index in [4.69, 9.17) is 27.6 Å². The quantitative estimate of drug-likeness (QED) is 0.227. The first-order valence-electron chi connectivity index (χ1n) is 12.2. The molecule has 2 atom stereocenters. The van der Waals surface area contributed by atoms with Crippen LogP contribution in [0, 0.1) is 5.82 Å². The van der Waals surface area contributed by atoms with Gasteiger partial charge >= 0.3 is 6.18 Å². The van der Waals surface area contributed by atoms with E-state index in [2.05, 4.69) is 10.2 Å². The van der Waals surface area contributed by atoms with Crippen molar-refractivity contribution in [3.05, 3.63) is 105 Å². The molecular formula is C28H22Cl2F4N4O2. The van der Waals surface area contributed by atoms with E-state index in [9.17, 15) is 22.4 Å². The van der Waals surface area contributed by atoms with Crippen LogP contribution in [-0.4, -0.2) is 52.1 Å². The summed E-state index contributed by atoms with van der Waals surface area (Å²) in [4.78, 5) is 17.1. The molecule has 2 unspecified atom stereocenters. The lowest BCUT2D eigenvalue weighted by Gasteiger charge is -2.29. The van der Waals surface area contributed by atoms with Gasteiger partial charge in [0.1, 0.15) is 5.82 Å². The summed E-state index contributed by atoms with van der Waals surface area (Å²) >= 11 is 12.4. The Labute approximate surface area is 237 Å². The van der Waals surface area contributed by atoms with Gasteiger partial charge in [-0.2, -0.15) is 13.2 Å². The molecule has 0 spiro atoms. The summed E-state index contributed by atoms with van der Waals surface area (Å²) in [6.07, 6.45) is -3.55. The first-order chi connectivity index (χ1) is 19.0. The molecule has 1 aliphatic rings. The average molecular weight is 593 g/mol. The SMILES string of the molecule is CN(Cc1ccc(C(F)(F)F)c(F)c1)C1CN(C(=O)c2ccc(-c3nnco3)cc2)CC1c1ccc(Cl)c(Cl)c1. The Morgan fingerprint density at radius 3 is 2.42 bits per heavy atom. The number of likely N-dealkylation sites (N-methyl/N-ethyl adjacent to an activating group) is 1. The molecule has 0 saturated carbocycles. The van der Waals surface area contributed by atoms with Gasteiger partial charge in [0.15, 0.2) is 0 Å². The molecule has 0 bridgehead atoms. The van der Waals surface area contributed by atoms with Gasteiger partial charge in [-0.15, -0.1) is 10.2 Å². The van der Waals surface area contributed by atoms with Gasteiger partial charge in [-0.3, -0.25) is 9.69 Å². The minimum Gasteiger partial charge on any atom is -0.423 e. The van der Waals surface area contributed by atoms with Crippen LogP contribution in [0.4, 0.5) is 17.6 Å². The second kappa shape index (κ2) is 11.2. The highest BCUT2D eigenvalue weighted by Crippen LogP contribution is 2.36. The minimum absolute atomic E-state index is 0.165. The van der Waals surface area contributed by atoms with Crippen LogP contribution < -0.4 is 0 Å². The number of carbonyl (C=O) groups is 1. The van der Waals surface area contributed by atoms with Gasteiger partial charge in [-0.1, -0.05) is 35.3 Å². The van der Waals surface area contributed by atoms with E-state index in [1.807, 2.05) is 11.0 Å². The highest BCUT2D eigenvalue weighted by molar-refractivity contribution is 6.42. The standard InChI is InChI=1S/C28H22Cl2F4N4O2/c1-37(12-16-2-8-21(24(31)10-16)28(32,33)34)25-14-38(13-20(25)19-7-9-22(29)23(30)11-19)27(39)18-5-3-17(4-6-18)26-36-35-15-40-26/h2-11,15,20,25H,12-14H2,1H3. The molecule has 0 N–H and O–H groups in total. The molecular weight excluding hydrogens is 571 g/mol. The van der Waals surface area contributed by atoms with Crippen LogP contribution in [0.1, 0.15) is 33.0 Å². The van der Waals surface area contributed by atoms with Gasteiger partial charge in [0.2, 0.25) is 12.3 Å². The third-order valence-electron chi connectivity index (χ3n) is 7.02. The molecule has 208 valence electrons. The molecule has 4 aromatic rings. The summed E-state index contributed by atoms with van der Waals surface area (Å²) in [6, 6.07) is 14.7. The van der Waals surface area contributed by atoms with Crippen molar-refractivity contribution in [1.82, 2.24) is 20.0 Å². The fourth-order valence-corrected chi connectivity index (χ4v) is 5.31. The van der Waals surface area contributed by atoms with E-state index >= 15 is 0 Å². The zero-order chi connectivity index (χ0) is 28.6. The number of carbonyl (C=O) groups excluding carboxylic acids is 1. The smallest absolute Gasteiger partial charge is 0.419 e. The zero-order valence-electron chi connectivity index (χ0n) is 21.0. The first-order valence-corrected chi connectivity index (χ1v) is 12.9. The second-order valence-electron chi connectivity index (χ2n) is 9.61. The molecule has 3 aromatic carbocycles. The predicted octanol–water partition coefficient (Wildman–Crippen LogP) is 6.94. The molecule has 0 aliphatic carbocycles. The van der Waals surface area contributed by atoms with Gasteiger partial charge in [-0.25, -0.2) is 4.39 Å². The molecule has 1 amide bonds. The minimum atomic E-state index is -4.77. The molecule has 40 heavy (non-hydrogen) atoms. The Kier molecular flexibility index (Phi) is 7.85. The number of alkyl halides is 3. The monoisotopic (exact) mass is 592 g/mol. The Bertz CT molecular complexity index is 1510. The summed E-state index contributed by atoms with van der Waals surface area (Å²) in [7, 11) is 1.79. The lowest BCUT2D eigenvalue weighted by Crippen LogP contribution is -2.38. The van der Waals surface area contributed by atoms with E-state index in [0.717, 1.165) is 17.7 Å². The highest BCUT2D eigenvalue weighted by atomic mass is 35.5. The number of nitrogens with zero attached hydrogens (tertiary/aromatic N) is 4. The van der Waals surface area contributed by atoms with Crippen molar-refractivity contribution in [2.75, 3.05) is 20.1 Å². The molecule has 6 nitrogen and oxygen atoms in total. The largest absolute Gasteiger partial charge is 0.423 e. The van der Waals surface area contributed by atoms with Gasteiger partial charge in [-0.05, 0) is 66.7 Å². The van der Waals surface area contributed by atoms with E-state index in [1.54, 1.807) is 48.3 Å². The predicted molar refractivity (Wildman–Crippen MR) is 141 cm³/mol. The van der Waals surface area contributed by atoms with E-state index in [1.165, 1.54) is 12.5 Å². The molecule has 12 heteroatoms. The average Bonchev–Trinajstić information content (AvgIpc) is 3.60. The lowest BCUT2D eigenvalue weighted by atomic mass is 9.93.